The minimum atomic E-state index is -0.177. The van der Waals surface area contributed by atoms with Crippen molar-refractivity contribution in [2.75, 3.05) is 13.1 Å². The Morgan fingerprint density at radius 3 is 2.75 bits per heavy atom. The van der Waals surface area contributed by atoms with Crippen molar-refractivity contribution in [3.63, 3.8) is 0 Å². The number of carbonyl (C=O) groups is 2. The Morgan fingerprint density at radius 1 is 1.33 bits per heavy atom. The highest BCUT2D eigenvalue weighted by molar-refractivity contribution is 7.12. The predicted molar refractivity (Wildman–Crippen MR) is 94.2 cm³/mol. The van der Waals surface area contributed by atoms with Crippen LogP contribution >= 0.6 is 22.7 Å². The molecule has 0 saturated carbocycles. The van der Waals surface area contributed by atoms with E-state index in [4.69, 9.17) is 4.74 Å². The average molecular weight is 364 g/mol. The number of esters is 1. The molecule has 2 aromatic heterocycles. The van der Waals surface area contributed by atoms with Crippen molar-refractivity contribution in [2.24, 2.45) is 5.92 Å². The third-order valence-corrected chi connectivity index (χ3v) is 6.01. The van der Waals surface area contributed by atoms with Gasteiger partial charge >= 0.3 is 5.97 Å². The molecule has 0 atom stereocenters. The maximum absolute atomic E-state index is 12.3. The molecule has 1 amide bonds. The van der Waals surface area contributed by atoms with E-state index in [1.54, 1.807) is 11.3 Å². The SMILES string of the molecule is CCc1nc(COC(=O)C2CCN(C(=O)c3cccs3)CC2)cs1. The number of thiophene rings is 1. The molecule has 0 spiro atoms. The van der Waals surface area contributed by atoms with Crippen molar-refractivity contribution in [3.8, 4) is 0 Å². The van der Waals surface area contributed by atoms with Crippen LogP contribution in [0.4, 0.5) is 0 Å². The molecular weight excluding hydrogens is 344 g/mol. The van der Waals surface area contributed by atoms with E-state index in [1.165, 1.54) is 11.3 Å². The van der Waals surface area contributed by atoms with Gasteiger partial charge in [-0.15, -0.1) is 22.7 Å². The van der Waals surface area contributed by atoms with Gasteiger partial charge in [0.25, 0.3) is 5.91 Å². The first-order valence-electron chi connectivity index (χ1n) is 8.10. The van der Waals surface area contributed by atoms with Crippen LogP contribution in [0.5, 0.6) is 0 Å². The summed E-state index contributed by atoms with van der Waals surface area (Å²) in [7, 11) is 0. The number of aromatic nitrogens is 1. The molecule has 5 nitrogen and oxygen atoms in total. The van der Waals surface area contributed by atoms with E-state index < -0.39 is 0 Å². The van der Waals surface area contributed by atoms with Crippen LogP contribution < -0.4 is 0 Å². The maximum Gasteiger partial charge on any atom is 0.309 e. The number of rotatable bonds is 5. The summed E-state index contributed by atoms with van der Waals surface area (Å²) in [5, 5.41) is 4.90. The van der Waals surface area contributed by atoms with Gasteiger partial charge in [-0.25, -0.2) is 4.98 Å². The third kappa shape index (κ3) is 4.02. The van der Waals surface area contributed by atoms with Gasteiger partial charge in [0.2, 0.25) is 0 Å². The van der Waals surface area contributed by atoms with Crippen molar-refractivity contribution in [1.29, 1.82) is 0 Å². The van der Waals surface area contributed by atoms with E-state index in [0.29, 0.717) is 25.9 Å². The molecule has 0 unspecified atom stereocenters. The Kier molecular flexibility index (Phi) is 5.63. The molecule has 3 heterocycles. The fourth-order valence-electron chi connectivity index (χ4n) is 2.71. The molecule has 1 aliphatic rings. The molecular formula is C17H20N2O3S2. The Balaban J connectivity index is 1.45. The molecule has 3 rings (SSSR count). The first-order chi connectivity index (χ1) is 11.7. The number of hydrogen-bond acceptors (Lipinski definition) is 6. The van der Waals surface area contributed by atoms with Gasteiger partial charge in [0.1, 0.15) is 6.61 Å². The minimum Gasteiger partial charge on any atom is -0.459 e. The van der Waals surface area contributed by atoms with Crippen molar-refractivity contribution in [2.45, 2.75) is 32.8 Å². The number of carbonyl (C=O) groups excluding carboxylic acids is 2. The summed E-state index contributed by atoms with van der Waals surface area (Å²) in [5.74, 6) is -0.239. The molecule has 0 radical (unpaired) electrons. The monoisotopic (exact) mass is 364 g/mol. The quantitative estimate of drug-likeness (QED) is 0.763. The standard InChI is InChI=1S/C17H20N2O3S2/c1-2-15-18-13(11-24-15)10-22-17(21)12-5-7-19(8-6-12)16(20)14-4-3-9-23-14/h3-4,9,11-12H,2,5-8,10H2,1H3. The largest absolute Gasteiger partial charge is 0.459 e. The predicted octanol–water partition coefficient (Wildman–Crippen LogP) is 3.36. The lowest BCUT2D eigenvalue weighted by Crippen LogP contribution is -2.40. The fraction of sp³-hybridized carbons (Fsp3) is 0.471. The second kappa shape index (κ2) is 7.90. The summed E-state index contributed by atoms with van der Waals surface area (Å²) < 4.78 is 5.40. The van der Waals surface area contributed by atoms with Crippen molar-refractivity contribution in [1.82, 2.24) is 9.88 Å². The summed E-state index contributed by atoms with van der Waals surface area (Å²) in [4.78, 5) is 31.5. The summed E-state index contributed by atoms with van der Waals surface area (Å²) in [6, 6.07) is 3.72. The molecule has 0 aliphatic carbocycles. The van der Waals surface area contributed by atoms with Gasteiger partial charge in [-0.2, -0.15) is 0 Å². The highest BCUT2D eigenvalue weighted by atomic mass is 32.1. The molecule has 1 aliphatic heterocycles. The van der Waals surface area contributed by atoms with Gasteiger partial charge in [0.05, 0.1) is 21.5 Å². The first kappa shape index (κ1) is 17.1. The van der Waals surface area contributed by atoms with Crippen LogP contribution in [0.15, 0.2) is 22.9 Å². The molecule has 24 heavy (non-hydrogen) atoms. The van der Waals surface area contributed by atoms with Crippen LogP contribution in [0.1, 0.15) is 40.1 Å². The van der Waals surface area contributed by atoms with E-state index in [0.717, 1.165) is 22.0 Å². The molecule has 2 aromatic rings. The molecule has 0 aromatic carbocycles. The zero-order valence-corrected chi connectivity index (χ0v) is 15.2. The first-order valence-corrected chi connectivity index (χ1v) is 9.86. The smallest absolute Gasteiger partial charge is 0.309 e. The number of piperidine rings is 1. The topological polar surface area (TPSA) is 59.5 Å². The Hall–Kier alpha value is -1.73. The number of amides is 1. The van der Waals surface area contributed by atoms with Gasteiger partial charge in [-0.3, -0.25) is 9.59 Å². The van der Waals surface area contributed by atoms with Crippen LogP contribution in [0, 0.1) is 5.92 Å². The van der Waals surface area contributed by atoms with Crippen LogP contribution in [0.25, 0.3) is 0 Å². The van der Waals surface area contributed by atoms with Gasteiger partial charge in [-0.1, -0.05) is 13.0 Å². The van der Waals surface area contributed by atoms with Crippen LogP contribution in [0.3, 0.4) is 0 Å². The van der Waals surface area contributed by atoms with Gasteiger partial charge in [0, 0.05) is 18.5 Å². The fourth-order valence-corrected chi connectivity index (χ4v) is 4.14. The number of ether oxygens (including phenoxy) is 1. The molecule has 0 bridgehead atoms. The van der Waals surface area contributed by atoms with E-state index in [1.807, 2.05) is 27.8 Å². The Bertz CT molecular complexity index is 689. The zero-order chi connectivity index (χ0) is 16.9. The average Bonchev–Trinajstić information content (AvgIpc) is 3.30. The lowest BCUT2D eigenvalue weighted by molar-refractivity contribution is -0.151. The van der Waals surface area contributed by atoms with Crippen molar-refractivity contribution in [3.05, 3.63) is 38.5 Å². The summed E-state index contributed by atoms with van der Waals surface area (Å²) in [5.41, 5.74) is 0.815. The summed E-state index contributed by atoms with van der Waals surface area (Å²) in [6.07, 6.45) is 2.22. The van der Waals surface area contributed by atoms with E-state index in [9.17, 15) is 9.59 Å². The van der Waals surface area contributed by atoms with Crippen molar-refractivity contribution >= 4 is 34.6 Å². The van der Waals surface area contributed by atoms with Crippen molar-refractivity contribution < 1.29 is 14.3 Å². The van der Waals surface area contributed by atoms with Gasteiger partial charge in [0.15, 0.2) is 0 Å². The number of likely N-dealkylation sites (tertiary alicyclic amines) is 1. The van der Waals surface area contributed by atoms with Crippen LogP contribution in [-0.2, 0) is 22.6 Å². The van der Waals surface area contributed by atoms with Gasteiger partial charge < -0.3 is 9.64 Å². The van der Waals surface area contributed by atoms with Crippen LogP contribution in [0.2, 0.25) is 0 Å². The van der Waals surface area contributed by atoms with Crippen LogP contribution in [-0.4, -0.2) is 34.8 Å². The highest BCUT2D eigenvalue weighted by Gasteiger charge is 2.29. The maximum atomic E-state index is 12.3. The van der Waals surface area contributed by atoms with E-state index in [2.05, 4.69) is 11.9 Å². The van der Waals surface area contributed by atoms with Gasteiger partial charge in [-0.05, 0) is 30.7 Å². The number of aryl methyl sites for hydroxylation is 1. The molecule has 128 valence electrons. The second-order valence-electron chi connectivity index (χ2n) is 5.74. The summed E-state index contributed by atoms with van der Waals surface area (Å²) >= 11 is 3.05. The molecule has 0 N–H and O–H groups in total. The lowest BCUT2D eigenvalue weighted by Gasteiger charge is -2.30. The third-order valence-electron chi connectivity index (χ3n) is 4.11. The second-order valence-corrected chi connectivity index (χ2v) is 7.63. The summed E-state index contributed by atoms with van der Waals surface area (Å²) in [6.45, 7) is 3.50. The zero-order valence-electron chi connectivity index (χ0n) is 13.6. The Morgan fingerprint density at radius 2 is 2.12 bits per heavy atom. The number of thiazole rings is 1. The lowest BCUT2D eigenvalue weighted by atomic mass is 9.97. The highest BCUT2D eigenvalue weighted by Crippen LogP contribution is 2.22. The van der Waals surface area contributed by atoms with E-state index >= 15 is 0 Å². The molecule has 1 fully saturated rings. The molecule has 1 saturated heterocycles. The number of hydrogen-bond donors (Lipinski definition) is 0. The normalized spacial score (nSPS) is 15.5. The van der Waals surface area contributed by atoms with E-state index in [-0.39, 0.29) is 24.4 Å². The minimum absolute atomic E-state index is 0.0615. The number of nitrogens with zero attached hydrogens (tertiary/aromatic N) is 2. The Labute approximate surface area is 149 Å². The molecule has 7 heteroatoms.